The Bertz CT molecular complexity index is 210. The van der Waals surface area contributed by atoms with E-state index in [9.17, 15) is 7.56 Å². The standard InChI is InChI=1S/C6H16Ge2N2O3S2/c1-5(3-9)14-7(11)13-8(12)15-6(2)4-10/h5-6H,3-4,9-10H2,1-2H3. The van der Waals surface area contributed by atoms with Crippen LogP contribution in [-0.4, -0.2) is 50.5 Å². The molecule has 0 rings (SSSR count). The van der Waals surface area contributed by atoms with Crippen LogP contribution in [0.2, 0.25) is 0 Å². The van der Waals surface area contributed by atoms with Gasteiger partial charge in [0.25, 0.3) is 0 Å². The molecule has 0 spiro atoms. The van der Waals surface area contributed by atoms with Crippen LogP contribution >= 0.6 is 20.2 Å². The predicted octanol–water partition coefficient (Wildman–Crippen LogP) is -0.00540. The van der Waals surface area contributed by atoms with Gasteiger partial charge in [-0.15, -0.1) is 0 Å². The first-order valence-electron chi connectivity index (χ1n) is 4.48. The molecule has 88 valence electrons. The molecule has 15 heavy (non-hydrogen) atoms. The first kappa shape index (κ1) is 16.1. The van der Waals surface area contributed by atoms with Gasteiger partial charge in [-0.1, -0.05) is 0 Å². The third-order valence-electron chi connectivity index (χ3n) is 1.43. The number of rotatable bonds is 8. The van der Waals surface area contributed by atoms with Crippen LogP contribution in [0.3, 0.4) is 0 Å². The molecular formula is C6H16Ge2N2O3S2. The molecule has 0 heterocycles. The fourth-order valence-corrected chi connectivity index (χ4v) is 17.9. The second-order valence-electron chi connectivity index (χ2n) is 2.93. The number of hydrogen-bond donors (Lipinski definition) is 2. The van der Waals surface area contributed by atoms with E-state index in [-0.39, 0.29) is 10.5 Å². The summed E-state index contributed by atoms with van der Waals surface area (Å²) in [6, 6.07) is 0. The summed E-state index contributed by atoms with van der Waals surface area (Å²) in [7, 11) is 2.45. The van der Waals surface area contributed by atoms with Gasteiger partial charge in [0, 0.05) is 0 Å². The van der Waals surface area contributed by atoms with Crippen molar-refractivity contribution in [2.75, 3.05) is 13.1 Å². The van der Waals surface area contributed by atoms with Gasteiger partial charge < -0.3 is 0 Å². The predicted molar refractivity (Wildman–Crippen MR) is 66.2 cm³/mol. The van der Waals surface area contributed by atoms with E-state index in [0.29, 0.717) is 13.1 Å². The van der Waals surface area contributed by atoms with E-state index < -0.39 is 27.0 Å². The molecule has 4 N–H and O–H groups in total. The van der Waals surface area contributed by atoms with Crippen LogP contribution in [0.25, 0.3) is 0 Å². The van der Waals surface area contributed by atoms with E-state index in [0.717, 1.165) is 0 Å². The molecule has 0 aliphatic carbocycles. The number of nitrogens with two attached hydrogens (primary N) is 2. The van der Waals surface area contributed by atoms with E-state index in [1.54, 1.807) is 0 Å². The van der Waals surface area contributed by atoms with E-state index >= 15 is 0 Å². The van der Waals surface area contributed by atoms with Crippen molar-refractivity contribution in [3.63, 3.8) is 0 Å². The first-order valence-corrected chi connectivity index (χ1v) is 14.8. The molecule has 0 saturated carbocycles. The maximum atomic E-state index is 11.4. The number of hydrogen-bond acceptors (Lipinski definition) is 7. The van der Waals surface area contributed by atoms with Gasteiger partial charge >= 0.3 is 106 Å². The molecule has 9 heteroatoms. The zero-order valence-electron chi connectivity index (χ0n) is 8.76. The van der Waals surface area contributed by atoms with Crippen LogP contribution in [0.15, 0.2) is 0 Å². The molecule has 0 saturated heterocycles. The molecule has 0 aromatic heterocycles. The third-order valence-corrected chi connectivity index (χ3v) is 19.3. The quantitative estimate of drug-likeness (QED) is 0.578. The van der Waals surface area contributed by atoms with Gasteiger partial charge in [-0.2, -0.15) is 0 Å². The Kier molecular flexibility index (Phi) is 9.84. The van der Waals surface area contributed by atoms with Crippen LogP contribution in [-0.2, 0) is 10.3 Å². The van der Waals surface area contributed by atoms with Gasteiger partial charge in [-0.3, -0.25) is 0 Å². The van der Waals surface area contributed by atoms with E-state index in [4.69, 9.17) is 14.3 Å². The monoisotopic (exact) mass is 376 g/mol. The Balaban J connectivity index is 3.81. The Morgan fingerprint density at radius 1 is 1.07 bits per heavy atom. The summed E-state index contributed by atoms with van der Waals surface area (Å²) in [4.78, 5) is 0. The van der Waals surface area contributed by atoms with Crippen molar-refractivity contribution < 1.29 is 10.3 Å². The molecule has 0 radical (unpaired) electrons. The molecule has 0 aromatic carbocycles. The summed E-state index contributed by atoms with van der Waals surface area (Å²) in [5.41, 5.74) is 10.8. The van der Waals surface area contributed by atoms with E-state index in [1.165, 1.54) is 20.2 Å². The topological polar surface area (TPSA) is 95.4 Å². The van der Waals surface area contributed by atoms with E-state index in [1.807, 2.05) is 13.8 Å². The van der Waals surface area contributed by atoms with Crippen molar-refractivity contribution in [1.29, 1.82) is 0 Å². The molecule has 0 amide bonds. The average Bonchev–Trinajstić information content (AvgIpc) is 2.16. The molecular weight excluding hydrogens is 357 g/mol. The normalized spacial score (nSPS) is 14.4. The Labute approximate surface area is 106 Å². The average molecular weight is 374 g/mol. The summed E-state index contributed by atoms with van der Waals surface area (Å²) in [6.07, 6.45) is 0. The van der Waals surface area contributed by atoms with Crippen molar-refractivity contribution in [2.24, 2.45) is 11.5 Å². The molecule has 0 fully saturated rings. The minimum absolute atomic E-state index is 0.0976. The van der Waals surface area contributed by atoms with Gasteiger partial charge in [0.15, 0.2) is 0 Å². The first-order chi connectivity index (χ1) is 6.99. The molecule has 0 aromatic rings. The summed E-state index contributed by atoms with van der Waals surface area (Å²) >= 11 is -5.77. The van der Waals surface area contributed by atoms with Crippen LogP contribution in [0, 0.1) is 0 Å². The van der Waals surface area contributed by atoms with Crippen molar-refractivity contribution >= 4 is 47.1 Å². The van der Waals surface area contributed by atoms with Crippen molar-refractivity contribution in [2.45, 2.75) is 24.3 Å². The zero-order chi connectivity index (χ0) is 11.8. The summed E-state index contributed by atoms with van der Waals surface area (Å²) in [5, 5.41) is 0.195. The molecule has 0 aliphatic rings. The molecule has 0 aliphatic heterocycles. The van der Waals surface area contributed by atoms with Crippen molar-refractivity contribution in [3.05, 3.63) is 0 Å². The molecule has 0 bridgehead atoms. The minimum atomic E-state index is -2.88. The zero-order valence-corrected chi connectivity index (χ0v) is 14.6. The second kappa shape index (κ2) is 9.17. The van der Waals surface area contributed by atoms with Crippen LogP contribution < -0.4 is 11.5 Å². The van der Waals surface area contributed by atoms with Crippen LogP contribution in [0.4, 0.5) is 0 Å². The van der Waals surface area contributed by atoms with Gasteiger partial charge in [-0.25, -0.2) is 0 Å². The van der Waals surface area contributed by atoms with Gasteiger partial charge in [-0.05, 0) is 0 Å². The molecule has 2 unspecified atom stereocenters. The fourth-order valence-electron chi connectivity index (χ4n) is 0.541. The Hall–Kier alpha value is 1.11. The van der Waals surface area contributed by atoms with Gasteiger partial charge in [0.1, 0.15) is 0 Å². The summed E-state index contributed by atoms with van der Waals surface area (Å²) in [5.74, 6) is 0. The Morgan fingerprint density at radius 3 is 1.67 bits per heavy atom. The third kappa shape index (κ3) is 8.87. The molecule has 2 atom stereocenters. The fraction of sp³-hybridized carbons (Fsp3) is 1.00. The van der Waals surface area contributed by atoms with Gasteiger partial charge in [0.05, 0.1) is 0 Å². The van der Waals surface area contributed by atoms with Crippen LogP contribution in [0.1, 0.15) is 13.8 Å². The van der Waals surface area contributed by atoms with E-state index in [2.05, 4.69) is 0 Å². The van der Waals surface area contributed by atoms with Gasteiger partial charge in [0.2, 0.25) is 0 Å². The summed E-state index contributed by atoms with van der Waals surface area (Å²) < 4.78 is 27.9. The summed E-state index contributed by atoms with van der Waals surface area (Å²) in [6.45, 7) is 4.65. The molecule has 5 nitrogen and oxygen atoms in total. The van der Waals surface area contributed by atoms with Crippen molar-refractivity contribution in [1.82, 2.24) is 0 Å². The van der Waals surface area contributed by atoms with Crippen molar-refractivity contribution in [3.8, 4) is 0 Å². The second-order valence-corrected chi connectivity index (χ2v) is 16.2. The SMILES string of the molecule is CC(CN)[S][Ge](=[O])[O][Ge](=[O])[S]C(C)CN. The maximum absolute atomic E-state index is 11.4. The van der Waals surface area contributed by atoms with Crippen LogP contribution in [0.5, 0.6) is 0 Å². The Morgan fingerprint density at radius 2 is 1.40 bits per heavy atom.